The highest BCUT2D eigenvalue weighted by molar-refractivity contribution is 6.04. The van der Waals surface area contributed by atoms with Gasteiger partial charge in [-0.15, -0.1) is 0 Å². The minimum atomic E-state index is -0.792. The Morgan fingerprint density at radius 2 is 1.67 bits per heavy atom. The molecule has 3 rings (SSSR count). The molecule has 158 valence electrons. The normalized spacial score (nSPS) is 15.7. The second-order valence-corrected chi connectivity index (χ2v) is 6.37. The molecule has 0 aromatic heterocycles. The van der Waals surface area contributed by atoms with Gasteiger partial charge in [0.05, 0.1) is 45.2 Å². The highest BCUT2D eigenvalue weighted by Gasteiger charge is 2.35. The summed E-state index contributed by atoms with van der Waals surface area (Å²) in [5.74, 6) is 0.713. The van der Waals surface area contributed by atoms with Crippen LogP contribution in [-0.4, -0.2) is 39.9 Å². The minimum absolute atomic E-state index is 0.261. The molecule has 0 radical (unpaired) electrons. The number of methoxy groups -OCH3 is 3. The average molecular weight is 412 g/mol. The Labute approximate surface area is 174 Å². The summed E-state index contributed by atoms with van der Waals surface area (Å²) in [6.45, 7) is 2.27. The van der Waals surface area contributed by atoms with Crippen molar-refractivity contribution < 1.29 is 28.5 Å². The number of hydrogen-bond acceptors (Lipinski definition) is 6. The number of benzene rings is 2. The molecule has 1 atom stereocenters. The zero-order valence-electron chi connectivity index (χ0n) is 17.3. The van der Waals surface area contributed by atoms with E-state index in [1.54, 1.807) is 24.3 Å². The second-order valence-electron chi connectivity index (χ2n) is 6.37. The lowest BCUT2D eigenvalue weighted by molar-refractivity contribution is -0.136. The lowest BCUT2D eigenvalue weighted by Crippen LogP contribution is -2.45. The Hall–Kier alpha value is -3.68. The summed E-state index contributed by atoms with van der Waals surface area (Å²) >= 11 is 0. The van der Waals surface area contributed by atoms with Gasteiger partial charge in [0.25, 0.3) is 0 Å². The third-order valence-corrected chi connectivity index (χ3v) is 4.64. The minimum Gasteiger partial charge on any atom is -0.493 e. The number of nitrogens with one attached hydrogen (secondary N) is 2. The number of carbonyl (C=O) groups excluding carboxylic acids is 2. The number of esters is 1. The molecule has 1 aliphatic rings. The van der Waals surface area contributed by atoms with E-state index in [9.17, 15) is 9.59 Å². The summed E-state index contributed by atoms with van der Waals surface area (Å²) in [6, 6.07) is 11.3. The zero-order valence-corrected chi connectivity index (χ0v) is 17.3. The number of ether oxygens (including phenoxy) is 4. The van der Waals surface area contributed by atoms with Crippen LogP contribution >= 0.6 is 0 Å². The van der Waals surface area contributed by atoms with Crippen molar-refractivity contribution in [3.63, 3.8) is 0 Å². The van der Waals surface area contributed by atoms with Crippen LogP contribution in [0.2, 0.25) is 0 Å². The van der Waals surface area contributed by atoms with Gasteiger partial charge in [-0.2, -0.15) is 0 Å². The molecule has 0 spiro atoms. The number of urea groups is 1. The molecule has 1 aliphatic heterocycles. The second kappa shape index (κ2) is 9.21. The van der Waals surface area contributed by atoms with Crippen molar-refractivity contribution in [2.75, 3.05) is 27.9 Å². The first-order valence-electron chi connectivity index (χ1n) is 9.38. The quantitative estimate of drug-likeness (QED) is 0.679. The third-order valence-electron chi connectivity index (χ3n) is 4.64. The predicted molar refractivity (Wildman–Crippen MR) is 111 cm³/mol. The summed E-state index contributed by atoms with van der Waals surface area (Å²) in [6.07, 6.45) is 0. The van der Waals surface area contributed by atoms with Crippen LogP contribution in [-0.2, 0) is 9.53 Å². The molecular formula is C22H24N2O6. The van der Waals surface area contributed by atoms with Crippen molar-refractivity contribution in [3.05, 3.63) is 59.2 Å². The number of amides is 2. The fourth-order valence-corrected chi connectivity index (χ4v) is 3.33. The van der Waals surface area contributed by atoms with Crippen molar-refractivity contribution >= 4 is 17.7 Å². The van der Waals surface area contributed by atoms with Crippen LogP contribution in [0.15, 0.2) is 48.0 Å². The largest absolute Gasteiger partial charge is 0.493 e. The molecule has 8 heteroatoms. The average Bonchev–Trinajstić information content (AvgIpc) is 2.78. The van der Waals surface area contributed by atoms with Crippen LogP contribution in [0.3, 0.4) is 0 Å². The van der Waals surface area contributed by atoms with Gasteiger partial charge in [0.1, 0.15) is 0 Å². The lowest BCUT2D eigenvalue weighted by Gasteiger charge is -2.30. The molecule has 0 saturated heterocycles. The van der Waals surface area contributed by atoms with E-state index >= 15 is 0 Å². The lowest BCUT2D eigenvalue weighted by atomic mass is 9.92. The van der Waals surface area contributed by atoms with Gasteiger partial charge in [-0.25, -0.2) is 9.59 Å². The van der Waals surface area contributed by atoms with E-state index in [0.29, 0.717) is 40.7 Å². The smallest absolute Gasteiger partial charge is 0.338 e. The van der Waals surface area contributed by atoms with Crippen LogP contribution in [0.1, 0.15) is 24.1 Å². The zero-order chi connectivity index (χ0) is 21.7. The number of carbonyl (C=O) groups is 2. The van der Waals surface area contributed by atoms with Crippen LogP contribution < -0.4 is 24.8 Å². The van der Waals surface area contributed by atoms with Gasteiger partial charge in [-0.1, -0.05) is 30.3 Å². The first-order valence-corrected chi connectivity index (χ1v) is 9.38. The molecule has 0 aliphatic carbocycles. The van der Waals surface area contributed by atoms with Crippen molar-refractivity contribution in [1.82, 2.24) is 10.6 Å². The van der Waals surface area contributed by atoms with Crippen LogP contribution in [0.4, 0.5) is 4.79 Å². The molecule has 2 aromatic rings. The Bertz CT molecular complexity index is 946. The molecule has 1 unspecified atom stereocenters. The van der Waals surface area contributed by atoms with E-state index in [4.69, 9.17) is 18.9 Å². The maximum Gasteiger partial charge on any atom is 0.338 e. The Morgan fingerprint density at radius 3 is 2.20 bits per heavy atom. The maximum atomic E-state index is 12.8. The molecule has 2 amide bonds. The van der Waals surface area contributed by atoms with Gasteiger partial charge in [0.15, 0.2) is 11.5 Å². The van der Waals surface area contributed by atoms with E-state index in [0.717, 1.165) is 0 Å². The molecule has 0 fully saturated rings. The number of rotatable bonds is 7. The van der Waals surface area contributed by atoms with Crippen LogP contribution in [0, 0.1) is 0 Å². The maximum absolute atomic E-state index is 12.8. The predicted octanol–water partition coefficient (Wildman–Crippen LogP) is 3.04. The van der Waals surface area contributed by atoms with E-state index in [-0.39, 0.29) is 5.57 Å². The molecule has 30 heavy (non-hydrogen) atoms. The topological polar surface area (TPSA) is 95.1 Å². The third kappa shape index (κ3) is 4.03. The Morgan fingerprint density at radius 1 is 1.03 bits per heavy atom. The molecule has 2 N–H and O–H groups in total. The summed E-state index contributed by atoms with van der Waals surface area (Å²) in [4.78, 5) is 25.2. The van der Waals surface area contributed by atoms with Gasteiger partial charge < -0.3 is 29.6 Å². The van der Waals surface area contributed by atoms with Crippen molar-refractivity contribution in [3.8, 4) is 17.2 Å². The first-order chi connectivity index (χ1) is 14.5. The highest BCUT2D eigenvalue weighted by Crippen LogP contribution is 2.42. The monoisotopic (exact) mass is 412 g/mol. The van der Waals surface area contributed by atoms with Gasteiger partial charge in [-0.05, 0) is 30.2 Å². The molecule has 1 heterocycles. The van der Waals surface area contributed by atoms with Crippen molar-refractivity contribution in [2.45, 2.75) is 13.0 Å². The van der Waals surface area contributed by atoms with Crippen molar-refractivity contribution in [2.24, 2.45) is 0 Å². The first kappa shape index (κ1) is 21.0. The van der Waals surface area contributed by atoms with E-state index < -0.39 is 18.0 Å². The summed E-state index contributed by atoms with van der Waals surface area (Å²) in [5.41, 5.74) is 1.90. The van der Waals surface area contributed by atoms with Gasteiger partial charge >= 0.3 is 12.0 Å². The molecule has 0 saturated carbocycles. The van der Waals surface area contributed by atoms with Gasteiger partial charge in [0, 0.05) is 0 Å². The fraction of sp³-hybridized carbons (Fsp3) is 0.273. The standard InChI is InChI=1S/C22H24N2O6/c1-5-30-20-15(27-2)11-14(12-16(20)28-3)19-17(21(25)29-4)18(23-22(26)24-19)13-9-7-6-8-10-13/h6-12,19H,5H2,1-4H3,(H2,23,24,26). The summed E-state index contributed by atoms with van der Waals surface area (Å²) in [5, 5.41) is 5.52. The van der Waals surface area contributed by atoms with E-state index in [2.05, 4.69) is 10.6 Å². The SMILES string of the molecule is CCOc1c(OC)cc(C2NC(=O)NC(c3ccccc3)=C2C(=O)OC)cc1OC. The fourth-order valence-electron chi connectivity index (χ4n) is 3.33. The molecule has 8 nitrogen and oxygen atoms in total. The summed E-state index contributed by atoms with van der Waals surface area (Å²) < 4.78 is 21.6. The summed E-state index contributed by atoms with van der Waals surface area (Å²) in [7, 11) is 4.31. The molecular weight excluding hydrogens is 388 g/mol. The van der Waals surface area contributed by atoms with Crippen LogP contribution in [0.5, 0.6) is 17.2 Å². The van der Waals surface area contributed by atoms with E-state index in [1.807, 2.05) is 25.1 Å². The Balaban J connectivity index is 2.22. The number of hydrogen-bond donors (Lipinski definition) is 2. The van der Waals surface area contributed by atoms with E-state index in [1.165, 1.54) is 21.3 Å². The van der Waals surface area contributed by atoms with Crippen LogP contribution in [0.25, 0.3) is 5.70 Å². The molecule has 0 bridgehead atoms. The highest BCUT2D eigenvalue weighted by atomic mass is 16.5. The molecule has 2 aromatic carbocycles. The van der Waals surface area contributed by atoms with Gasteiger partial charge in [-0.3, -0.25) is 0 Å². The Kier molecular flexibility index (Phi) is 6.46. The van der Waals surface area contributed by atoms with Gasteiger partial charge in [0.2, 0.25) is 5.75 Å². The van der Waals surface area contributed by atoms with Crippen molar-refractivity contribution in [1.29, 1.82) is 0 Å².